The van der Waals surface area contributed by atoms with Crippen LogP contribution in [0, 0.1) is 0 Å². The molecule has 0 saturated heterocycles. The van der Waals surface area contributed by atoms with Crippen LogP contribution in [0.15, 0.2) is 76.6 Å². The Hall–Kier alpha value is -3.64. The highest BCUT2D eigenvalue weighted by Crippen LogP contribution is 2.32. The van der Waals surface area contributed by atoms with Crippen LogP contribution in [0.3, 0.4) is 0 Å². The highest BCUT2D eigenvalue weighted by atomic mass is 35.5. The van der Waals surface area contributed by atoms with Gasteiger partial charge in [0.15, 0.2) is 0 Å². The number of benzene rings is 3. The lowest BCUT2D eigenvalue weighted by atomic mass is 9.88. The molecule has 4 aromatic rings. The smallest absolute Gasteiger partial charge is 0.282 e. The van der Waals surface area contributed by atoms with Crippen molar-refractivity contribution in [1.82, 2.24) is 9.66 Å². The lowest BCUT2D eigenvalue weighted by Crippen LogP contribution is -2.25. The molecule has 5 rings (SSSR count). The highest BCUT2D eigenvalue weighted by Gasteiger charge is 2.22. The first kappa shape index (κ1) is 25.0. The maximum absolute atomic E-state index is 13.5. The summed E-state index contributed by atoms with van der Waals surface area (Å²) in [6.07, 6.45) is 7.27. The molecule has 7 heteroatoms. The van der Waals surface area contributed by atoms with Gasteiger partial charge in [0.1, 0.15) is 18.2 Å². The minimum atomic E-state index is -0.143. The van der Waals surface area contributed by atoms with Crippen LogP contribution >= 0.6 is 11.6 Å². The number of ether oxygens (including phenoxy) is 1. The summed E-state index contributed by atoms with van der Waals surface area (Å²) in [6, 6.07) is 21.1. The normalized spacial score (nSPS) is 14.4. The number of nitrogens with zero attached hydrogens (tertiary/aromatic N) is 4. The van der Waals surface area contributed by atoms with Gasteiger partial charge < -0.3 is 9.64 Å². The van der Waals surface area contributed by atoms with E-state index >= 15 is 0 Å². The van der Waals surface area contributed by atoms with Gasteiger partial charge in [0.25, 0.3) is 5.56 Å². The summed E-state index contributed by atoms with van der Waals surface area (Å²) in [5.41, 5.74) is 3.39. The fourth-order valence-corrected chi connectivity index (χ4v) is 4.90. The monoisotopic (exact) mass is 514 g/mol. The van der Waals surface area contributed by atoms with Crippen LogP contribution in [0.1, 0.15) is 55.0 Å². The van der Waals surface area contributed by atoms with E-state index in [1.54, 1.807) is 6.21 Å². The Bertz CT molecular complexity index is 1470. The molecule has 1 aliphatic carbocycles. The van der Waals surface area contributed by atoms with Crippen molar-refractivity contribution >= 4 is 34.4 Å². The molecule has 190 valence electrons. The minimum absolute atomic E-state index is 0.143. The van der Waals surface area contributed by atoms with Crippen LogP contribution in [0.25, 0.3) is 10.9 Å². The fourth-order valence-electron chi connectivity index (χ4n) is 4.77. The molecule has 0 radical (unpaired) electrons. The minimum Gasteiger partial charge on any atom is -0.488 e. The molecule has 0 atom stereocenters. The molecule has 0 bridgehead atoms. The number of hydrogen-bond acceptors (Lipinski definition) is 5. The second-order valence-electron chi connectivity index (χ2n) is 9.72. The van der Waals surface area contributed by atoms with Gasteiger partial charge in [0.2, 0.25) is 0 Å². The number of aromatic nitrogens is 2. The van der Waals surface area contributed by atoms with Gasteiger partial charge in [-0.05, 0) is 54.8 Å². The molecule has 6 nitrogen and oxygen atoms in total. The third-order valence-corrected chi connectivity index (χ3v) is 7.13. The predicted molar refractivity (Wildman–Crippen MR) is 151 cm³/mol. The summed E-state index contributed by atoms with van der Waals surface area (Å²) in [5, 5.41) is 5.97. The van der Waals surface area contributed by atoms with Gasteiger partial charge in [-0.1, -0.05) is 55.1 Å². The van der Waals surface area contributed by atoms with Crippen molar-refractivity contribution < 1.29 is 4.74 Å². The van der Waals surface area contributed by atoms with Crippen molar-refractivity contribution in [2.75, 3.05) is 19.0 Å². The Kier molecular flexibility index (Phi) is 7.56. The van der Waals surface area contributed by atoms with Crippen molar-refractivity contribution in [2.45, 2.75) is 44.6 Å². The van der Waals surface area contributed by atoms with Crippen molar-refractivity contribution in [2.24, 2.45) is 5.10 Å². The Labute approximate surface area is 222 Å². The average Bonchev–Trinajstić information content (AvgIpc) is 2.93. The summed E-state index contributed by atoms with van der Waals surface area (Å²) in [5.74, 6) is 1.65. The third-order valence-electron chi connectivity index (χ3n) is 6.88. The van der Waals surface area contributed by atoms with Crippen molar-refractivity contribution in [1.29, 1.82) is 0 Å². The lowest BCUT2D eigenvalue weighted by Gasteiger charge is -2.22. The molecular weight excluding hydrogens is 484 g/mol. The third kappa shape index (κ3) is 5.70. The van der Waals surface area contributed by atoms with Gasteiger partial charge in [-0.15, -0.1) is 0 Å². The molecular formula is C30H31ClN4O2. The summed E-state index contributed by atoms with van der Waals surface area (Å²) >= 11 is 6.03. The molecule has 1 heterocycles. The molecule has 1 aromatic heterocycles. The molecule has 1 aliphatic rings. The maximum Gasteiger partial charge on any atom is 0.282 e. The van der Waals surface area contributed by atoms with E-state index in [-0.39, 0.29) is 11.5 Å². The van der Waals surface area contributed by atoms with E-state index in [0.29, 0.717) is 22.8 Å². The van der Waals surface area contributed by atoms with E-state index in [1.807, 2.05) is 85.7 Å². The SMILES string of the molecule is CN(C)c1ccc(C=Nn2c(C3CCCCC3)nc3ccccc3c2=O)c(OCc2ccc(Cl)cc2)c1. The Morgan fingerprint density at radius 1 is 1.05 bits per heavy atom. The van der Waals surface area contributed by atoms with Gasteiger partial charge >= 0.3 is 0 Å². The maximum atomic E-state index is 13.5. The number of hydrogen-bond donors (Lipinski definition) is 0. The van der Waals surface area contributed by atoms with E-state index in [1.165, 1.54) is 11.1 Å². The first-order valence-electron chi connectivity index (χ1n) is 12.7. The van der Waals surface area contributed by atoms with Crippen molar-refractivity contribution in [3.05, 3.63) is 99.1 Å². The molecule has 0 unspecified atom stereocenters. The van der Waals surface area contributed by atoms with Crippen molar-refractivity contribution in [3.63, 3.8) is 0 Å². The largest absolute Gasteiger partial charge is 0.488 e. The second-order valence-corrected chi connectivity index (χ2v) is 10.2. The molecule has 0 amide bonds. The highest BCUT2D eigenvalue weighted by molar-refractivity contribution is 6.30. The first-order chi connectivity index (χ1) is 18.0. The Morgan fingerprint density at radius 3 is 2.57 bits per heavy atom. The summed E-state index contributed by atoms with van der Waals surface area (Å²) in [7, 11) is 3.98. The molecule has 0 N–H and O–H groups in total. The van der Waals surface area contributed by atoms with E-state index in [4.69, 9.17) is 26.4 Å². The molecule has 0 spiro atoms. The Morgan fingerprint density at radius 2 is 1.81 bits per heavy atom. The average molecular weight is 515 g/mol. The molecule has 0 aliphatic heterocycles. The Balaban J connectivity index is 1.53. The van der Waals surface area contributed by atoms with Gasteiger partial charge in [-0.3, -0.25) is 4.79 Å². The van der Waals surface area contributed by atoms with E-state index in [0.717, 1.165) is 53.8 Å². The number of fused-ring (bicyclic) bond motifs is 1. The number of halogens is 1. The summed E-state index contributed by atoms with van der Waals surface area (Å²) in [6.45, 7) is 0.389. The zero-order valence-corrected chi connectivity index (χ0v) is 22.0. The van der Waals surface area contributed by atoms with Gasteiger partial charge in [0, 0.05) is 42.4 Å². The lowest BCUT2D eigenvalue weighted by molar-refractivity contribution is 0.306. The van der Waals surface area contributed by atoms with Gasteiger partial charge in [-0.25, -0.2) is 4.98 Å². The molecule has 37 heavy (non-hydrogen) atoms. The number of anilines is 1. The zero-order chi connectivity index (χ0) is 25.8. The molecule has 1 saturated carbocycles. The quantitative estimate of drug-likeness (QED) is 0.260. The van der Waals surface area contributed by atoms with Crippen LogP contribution in [0.4, 0.5) is 5.69 Å². The summed E-state index contributed by atoms with van der Waals surface area (Å²) < 4.78 is 7.73. The van der Waals surface area contributed by atoms with Gasteiger partial charge in [-0.2, -0.15) is 9.78 Å². The van der Waals surface area contributed by atoms with E-state index in [2.05, 4.69) is 0 Å². The topological polar surface area (TPSA) is 59.7 Å². The van der Waals surface area contributed by atoms with E-state index < -0.39 is 0 Å². The van der Waals surface area contributed by atoms with Crippen LogP contribution < -0.4 is 15.2 Å². The summed E-state index contributed by atoms with van der Waals surface area (Å²) in [4.78, 5) is 20.5. The number of para-hydroxylation sites is 1. The van der Waals surface area contributed by atoms with Crippen LogP contribution in [0.2, 0.25) is 5.02 Å². The fraction of sp³-hybridized carbons (Fsp3) is 0.300. The number of rotatable bonds is 7. The van der Waals surface area contributed by atoms with E-state index in [9.17, 15) is 4.79 Å². The van der Waals surface area contributed by atoms with Crippen molar-refractivity contribution in [3.8, 4) is 5.75 Å². The van der Waals surface area contributed by atoms with Gasteiger partial charge in [0.05, 0.1) is 17.1 Å². The molecule has 1 fully saturated rings. The first-order valence-corrected chi connectivity index (χ1v) is 13.1. The molecule has 3 aromatic carbocycles. The zero-order valence-electron chi connectivity index (χ0n) is 21.2. The second kappa shape index (κ2) is 11.2. The standard InChI is InChI=1S/C30H31ClN4O2/c1-34(2)25-17-14-23(28(18-25)37-20-21-12-15-24(31)16-13-21)19-32-35-29(22-8-4-3-5-9-22)33-27-11-7-6-10-26(27)30(35)36/h6-7,10-19,22H,3-5,8-9,20H2,1-2H3. The van der Waals surface area contributed by atoms with Crippen LogP contribution in [-0.4, -0.2) is 30.0 Å². The predicted octanol–water partition coefficient (Wildman–Crippen LogP) is 6.62. The van der Waals surface area contributed by atoms with Crippen LogP contribution in [0.5, 0.6) is 5.75 Å². The van der Waals surface area contributed by atoms with Crippen LogP contribution in [-0.2, 0) is 6.61 Å².